The van der Waals surface area contributed by atoms with Crippen LogP contribution in [-0.2, 0) is 19.1 Å². The molecule has 1 aliphatic rings. The Morgan fingerprint density at radius 2 is 1.94 bits per heavy atom. The van der Waals surface area contributed by atoms with Crippen LogP contribution in [0.25, 0.3) is 0 Å². The molecule has 6 nitrogen and oxygen atoms in total. The van der Waals surface area contributed by atoms with E-state index in [9.17, 15) is 14.4 Å². The van der Waals surface area contributed by atoms with Gasteiger partial charge in [-0.25, -0.2) is 4.79 Å². The maximum atomic E-state index is 11.8. The van der Waals surface area contributed by atoms with Gasteiger partial charge in [-0.1, -0.05) is 0 Å². The molecule has 18 heavy (non-hydrogen) atoms. The van der Waals surface area contributed by atoms with Crippen molar-refractivity contribution in [3.8, 4) is 0 Å². The van der Waals surface area contributed by atoms with Crippen molar-refractivity contribution in [2.45, 2.75) is 32.8 Å². The molecule has 0 saturated carbocycles. The number of ether oxygens (including phenoxy) is 2. The van der Waals surface area contributed by atoms with Crippen LogP contribution in [0.2, 0.25) is 0 Å². The van der Waals surface area contributed by atoms with Gasteiger partial charge in [0, 0.05) is 19.5 Å². The topological polar surface area (TPSA) is 72.9 Å². The minimum atomic E-state index is -0.892. The fourth-order valence-corrected chi connectivity index (χ4v) is 1.67. The highest BCUT2D eigenvalue weighted by Crippen LogP contribution is 2.17. The summed E-state index contributed by atoms with van der Waals surface area (Å²) in [7, 11) is 1.22. The van der Waals surface area contributed by atoms with Crippen molar-refractivity contribution >= 4 is 17.8 Å². The molecule has 0 bridgehead atoms. The van der Waals surface area contributed by atoms with Crippen molar-refractivity contribution < 1.29 is 23.9 Å². The van der Waals surface area contributed by atoms with Gasteiger partial charge in [-0.2, -0.15) is 0 Å². The van der Waals surface area contributed by atoms with Gasteiger partial charge < -0.3 is 14.4 Å². The van der Waals surface area contributed by atoms with E-state index in [-0.39, 0.29) is 25.3 Å². The molecular formula is C12H19NO5. The number of Topliss-reactive ketones (excluding diaryl/α,β-unsaturated/α-hetero) is 1. The van der Waals surface area contributed by atoms with Gasteiger partial charge in [0.05, 0.1) is 7.11 Å². The lowest BCUT2D eigenvalue weighted by molar-refractivity contribution is -0.151. The maximum absolute atomic E-state index is 11.8. The highest BCUT2D eigenvalue weighted by atomic mass is 16.6. The van der Waals surface area contributed by atoms with Crippen LogP contribution < -0.4 is 0 Å². The summed E-state index contributed by atoms with van der Waals surface area (Å²) in [6, 6.07) is 0. The normalized spacial score (nSPS) is 20.6. The van der Waals surface area contributed by atoms with Crippen LogP contribution >= 0.6 is 0 Å². The van der Waals surface area contributed by atoms with Gasteiger partial charge in [0.25, 0.3) is 0 Å². The summed E-state index contributed by atoms with van der Waals surface area (Å²) in [5, 5.41) is 0. The van der Waals surface area contributed by atoms with Crippen molar-refractivity contribution in [2.24, 2.45) is 5.92 Å². The van der Waals surface area contributed by atoms with Crippen molar-refractivity contribution in [3.63, 3.8) is 0 Å². The number of ketones is 1. The third-order valence-electron chi connectivity index (χ3n) is 2.56. The van der Waals surface area contributed by atoms with Crippen molar-refractivity contribution in [2.75, 3.05) is 20.2 Å². The van der Waals surface area contributed by atoms with Crippen LogP contribution in [0.1, 0.15) is 27.2 Å². The molecule has 0 N–H and O–H groups in total. The molecule has 1 saturated heterocycles. The largest absolute Gasteiger partial charge is 0.468 e. The molecule has 0 aliphatic carbocycles. The Labute approximate surface area is 106 Å². The summed E-state index contributed by atoms with van der Waals surface area (Å²) in [6.45, 7) is 5.59. The number of carbonyl (C=O) groups excluding carboxylic acids is 3. The number of esters is 1. The van der Waals surface area contributed by atoms with E-state index in [1.54, 1.807) is 20.8 Å². The Kier molecular flexibility index (Phi) is 4.32. The van der Waals surface area contributed by atoms with Gasteiger partial charge >= 0.3 is 12.1 Å². The van der Waals surface area contributed by atoms with Gasteiger partial charge in [0.2, 0.25) is 0 Å². The first-order valence-corrected chi connectivity index (χ1v) is 5.83. The van der Waals surface area contributed by atoms with Gasteiger partial charge in [0.15, 0.2) is 5.78 Å². The van der Waals surface area contributed by atoms with E-state index < -0.39 is 23.6 Å². The highest BCUT2D eigenvalue weighted by molar-refractivity contribution is 6.00. The first kappa shape index (κ1) is 14.5. The minimum absolute atomic E-state index is 0.0282. The number of hydrogen-bond donors (Lipinski definition) is 0. The average Bonchev–Trinajstić information content (AvgIpc) is 2.26. The van der Waals surface area contributed by atoms with Gasteiger partial charge in [-0.05, 0) is 20.8 Å². The van der Waals surface area contributed by atoms with Crippen molar-refractivity contribution in [1.29, 1.82) is 0 Å². The number of hydrogen-bond acceptors (Lipinski definition) is 5. The first-order chi connectivity index (χ1) is 8.24. The van der Waals surface area contributed by atoms with Crippen LogP contribution in [0.4, 0.5) is 4.79 Å². The van der Waals surface area contributed by atoms with E-state index in [2.05, 4.69) is 4.74 Å². The lowest BCUT2D eigenvalue weighted by atomic mass is 9.97. The second-order valence-corrected chi connectivity index (χ2v) is 5.22. The number of carbonyl (C=O) groups is 3. The molecule has 1 fully saturated rings. The molecule has 0 spiro atoms. The third-order valence-corrected chi connectivity index (χ3v) is 2.56. The lowest BCUT2D eigenvalue weighted by Crippen LogP contribution is -2.48. The van der Waals surface area contributed by atoms with E-state index in [0.29, 0.717) is 0 Å². The van der Waals surface area contributed by atoms with Gasteiger partial charge in [0.1, 0.15) is 11.5 Å². The summed E-state index contributed by atoms with van der Waals surface area (Å²) >= 11 is 0. The Hall–Kier alpha value is -1.59. The highest BCUT2D eigenvalue weighted by Gasteiger charge is 2.36. The molecule has 1 heterocycles. The fourth-order valence-electron chi connectivity index (χ4n) is 1.67. The van der Waals surface area contributed by atoms with Crippen LogP contribution in [0.3, 0.4) is 0 Å². The van der Waals surface area contributed by atoms with E-state index >= 15 is 0 Å². The summed E-state index contributed by atoms with van der Waals surface area (Å²) in [5.41, 5.74) is -0.598. The zero-order chi connectivity index (χ0) is 13.9. The Balaban J connectivity index is 2.67. The Bertz CT molecular complexity index is 350. The zero-order valence-electron chi connectivity index (χ0n) is 11.2. The molecule has 1 atom stereocenters. The molecule has 6 heteroatoms. The minimum Gasteiger partial charge on any atom is -0.468 e. The average molecular weight is 257 g/mol. The second kappa shape index (κ2) is 5.37. The fraction of sp³-hybridized carbons (Fsp3) is 0.750. The summed E-state index contributed by atoms with van der Waals surface area (Å²) in [4.78, 5) is 36.2. The van der Waals surface area contributed by atoms with Crippen LogP contribution in [0.5, 0.6) is 0 Å². The molecule has 0 radical (unpaired) electrons. The van der Waals surface area contributed by atoms with Crippen LogP contribution in [0.15, 0.2) is 0 Å². The number of likely N-dealkylation sites (tertiary alicyclic amines) is 1. The predicted octanol–water partition coefficient (Wildman–Crippen LogP) is 0.985. The quantitative estimate of drug-likeness (QED) is 0.517. The molecule has 0 aromatic heterocycles. The Morgan fingerprint density at radius 1 is 1.33 bits per heavy atom. The lowest BCUT2D eigenvalue weighted by Gasteiger charge is -2.32. The molecule has 1 amide bonds. The SMILES string of the molecule is COC(=O)[C@H]1CN(C(=O)OC(C)(C)C)CCC1=O. The van der Waals surface area contributed by atoms with E-state index in [1.807, 2.05) is 0 Å². The number of amides is 1. The van der Waals surface area contributed by atoms with Crippen LogP contribution in [0, 0.1) is 5.92 Å². The van der Waals surface area contributed by atoms with E-state index in [0.717, 1.165) is 0 Å². The Morgan fingerprint density at radius 3 is 2.44 bits per heavy atom. The summed E-state index contributed by atoms with van der Waals surface area (Å²) < 4.78 is 9.75. The molecule has 1 rings (SSSR count). The molecule has 0 aromatic carbocycles. The zero-order valence-corrected chi connectivity index (χ0v) is 11.2. The van der Waals surface area contributed by atoms with Crippen molar-refractivity contribution in [3.05, 3.63) is 0 Å². The van der Waals surface area contributed by atoms with Crippen molar-refractivity contribution in [1.82, 2.24) is 4.90 Å². The second-order valence-electron chi connectivity index (χ2n) is 5.22. The smallest absolute Gasteiger partial charge is 0.410 e. The van der Waals surface area contributed by atoms with E-state index in [1.165, 1.54) is 12.0 Å². The third kappa shape index (κ3) is 3.72. The number of nitrogens with zero attached hydrogens (tertiary/aromatic N) is 1. The number of piperidine rings is 1. The standard InChI is InChI=1S/C12H19NO5/c1-12(2,3)18-11(16)13-6-5-9(14)8(7-13)10(15)17-4/h8H,5-7H2,1-4H3/t8-/m0/s1. The predicted molar refractivity (Wildman–Crippen MR) is 62.9 cm³/mol. The summed E-state index contributed by atoms with van der Waals surface area (Å²) in [5.74, 6) is -1.69. The maximum Gasteiger partial charge on any atom is 0.410 e. The molecular weight excluding hydrogens is 238 g/mol. The van der Waals surface area contributed by atoms with Gasteiger partial charge in [-0.3, -0.25) is 9.59 Å². The number of rotatable bonds is 1. The first-order valence-electron chi connectivity index (χ1n) is 5.83. The molecule has 0 unspecified atom stereocenters. The molecule has 102 valence electrons. The molecule has 1 aliphatic heterocycles. The number of methoxy groups -OCH3 is 1. The van der Waals surface area contributed by atoms with Crippen LogP contribution in [-0.4, -0.2) is 48.5 Å². The monoisotopic (exact) mass is 257 g/mol. The summed E-state index contributed by atoms with van der Waals surface area (Å²) in [6.07, 6.45) is -0.358. The van der Waals surface area contributed by atoms with Gasteiger partial charge in [-0.15, -0.1) is 0 Å². The van der Waals surface area contributed by atoms with E-state index in [4.69, 9.17) is 4.74 Å². The molecule has 0 aromatic rings.